The van der Waals surface area contributed by atoms with Gasteiger partial charge in [0.25, 0.3) is 0 Å². The number of thiophene rings is 1. The number of fused-ring (bicyclic) bond motifs is 1. The summed E-state index contributed by atoms with van der Waals surface area (Å²) in [4.78, 5) is 30.1. The number of hydrogen-bond acceptors (Lipinski definition) is 8. The van der Waals surface area contributed by atoms with E-state index >= 15 is 0 Å². The molecule has 0 aliphatic rings. The molecular weight excluding hydrogens is 406 g/mol. The van der Waals surface area contributed by atoms with Crippen LogP contribution in [0.2, 0.25) is 0 Å². The number of esters is 1. The minimum atomic E-state index is -0.411. The molecule has 0 unspecified atom stereocenters. The zero-order valence-electron chi connectivity index (χ0n) is 17.3. The van der Waals surface area contributed by atoms with E-state index in [0.29, 0.717) is 38.1 Å². The largest absolute Gasteiger partial charge is 0.493 e. The highest BCUT2D eigenvalue weighted by Crippen LogP contribution is 2.38. The number of carbonyl (C=O) groups excluding carboxylic acids is 2. The van der Waals surface area contributed by atoms with Gasteiger partial charge in [0.1, 0.15) is 9.71 Å². The lowest BCUT2D eigenvalue weighted by Crippen LogP contribution is -1.99. The predicted molar refractivity (Wildman–Crippen MR) is 115 cm³/mol. The van der Waals surface area contributed by atoms with Crippen molar-refractivity contribution in [2.75, 3.05) is 28.4 Å². The number of aryl methyl sites for hydroxylation is 1. The Bertz CT molecular complexity index is 1120. The van der Waals surface area contributed by atoms with Crippen molar-refractivity contribution >= 4 is 39.4 Å². The Balaban J connectivity index is 1.92. The number of benzene rings is 1. The molecule has 2 heterocycles. The van der Waals surface area contributed by atoms with E-state index in [2.05, 4.69) is 4.98 Å². The maximum absolute atomic E-state index is 12.7. The number of hydrogen-bond donors (Lipinski definition) is 0. The fourth-order valence-corrected chi connectivity index (χ4v) is 4.04. The van der Waals surface area contributed by atoms with Crippen LogP contribution in [0.1, 0.15) is 31.2 Å². The van der Waals surface area contributed by atoms with Crippen LogP contribution < -0.4 is 14.2 Å². The maximum Gasteiger partial charge on any atom is 0.348 e. The van der Waals surface area contributed by atoms with Crippen molar-refractivity contribution < 1.29 is 28.5 Å². The van der Waals surface area contributed by atoms with Crippen LogP contribution in [0.15, 0.2) is 30.5 Å². The van der Waals surface area contributed by atoms with Crippen LogP contribution in [0.5, 0.6) is 17.2 Å². The van der Waals surface area contributed by atoms with Crippen molar-refractivity contribution in [3.8, 4) is 17.2 Å². The van der Waals surface area contributed by atoms with E-state index in [1.54, 1.807) is 24.3 Å². The van der Waals surface area contributed by atoms with Crippen molar-refractivity contribution in [2.24, 2.45) is 0 Å². The fourth-order valence-electron chi connectivity index (χ4n) is 2.99. The number of ether oxygens (including phenoxy) is 4. The Morgan fingerprint density at radius 3 is 2.23 bits per heavy atom. The van der Waals surface area contributed by atoms with Gasteiger partial charge < -0.3 is 18.9 Å². The molecule has 2 aromatic heterocycles. The number of ketones is 1. The van der Waals surface area contributed by atoms with Gasteiger partial charge in [0, 0.05) is 17.1 Å². The molecule has 0 saturated carbocycles. The zero-order valence-corrected chi connectivity index (χ0v) is 18.1. The van der Waals surface area contributed by atoms with Gasteiger partial charge in [-0.2, -0.15) is 0 Å². The summed E-state index contributed by atoms with van der Waals surface area (Å²) in [6.45, 7) is 1.81. The second-order valence-electron chi connectivity index (χ2n) is 6.28. The first-order chi connectivity index (χ1) is 14.4. The molecule has 0 N–H and O–H groups in total. The van der Waals surface area contributed by atoms with Crippen molar-refractivity contribution in [1.82, 2.24) is 4.98 Å². The van der Waals surface area contributed by atoms with Crippen LogP contribution in [-0.4, -0.2) is 45.2 Å². The Hall–Kier alpha value is -3.39. The minimum absolute atomic E-state index is 0.219. The summed E-state index contributed by atoms with van der Waals surface area (Å²) in [5, 5.41) is 0.757. The van der Waals surface area contributed by atoms with Crippen LogP contribution in [0.4, 0.5) is 0 Å². The van der Waals surface area contributed by atoms with Gasteiger partial charge in [0.2, 0.25) is 5.75 Å². The third-order valence-corrected chi connectivity index (χ3v) is 5.76. The first-order valence-electron chi connectivity index (χ1n) is 8.93. The fraction of sp³-hybridized carbons (Fsp3) is 0.227. The van der Waals surface area contributed by atoms with Crippen molar-refractivity contribution in [3.63, 3.8) is 0 Å². The van der Waals surface area contributed by atoms with Gasteiger partial charge >= 0.3 is 5.97 Å². The van der Waals surface area contributed by atoms with E-state index in [0.717, 1.165) is 10.9 Å². The molecule has 30 heavy (non-hydrogen) atoms. The molecule has 0 amide bonds. The van der Waals surface area contributed by atoms with Crippen LogP contribution in [0, 0.1) is 6.92 Å². The van der Waals surface area contributed by atoms with Gasteiger partial charge in [-0.1, -0.05) is 6.08 Å². The molecule has 0 aliphatic heterocycles. The molecule has 3 rings (SSSR count). The normalized spacial score (nSPS) is 11.0. The Kier molecular flexibility index (Phi) is 6.37. The zero-order chi connectivity index (χ0) is 21.8. The molecule has 0 aliphatic carbocycles. The molecule has 1 aromatic carbocycles. The third-order valence-electron chi connectivity index (χ3n) is 4.56. The monoisotopic (exact) mass is 427 g/mol. The van der Waals surface area contributed by atoms with Gasteiger partial charge in [0.05, 0.1) is 28.4 Å². The summed E-state index contributed by atoms with van der Waals surface area (Å²) in [5.41, 5.74) is 1.88. The van der Waals surface area contributed by atoms with E-state index in [-0.39, 0.29) is 5.78 Å². The second-order valence-corrected chi connectivity index (χ2v) is 7.28. The SMILES string of the molecule is COC(=O)c1sc2ncc(C(=O)C=Cc3cc(OC)c(OC)c(OC)c3)cc2c1C. The van der Waals surface area contributed by atoms with E-state index in [9.17, 15) is 9.59 Å². The molecule has 0 bridgehead atoms. The molecular formula is C22H21NO6S. The molecule has 3 aromatic rings. The van der Waals surface area contributed by atoms with E-state index in [1.165, 1.54) is 52.0 Å². The number of allylic oxidation sites excluding steroid dienone is 1. The minimum Gasteiger partial charge on any atom is -0.493 e. The molecule has 0 spiro atoms. The van der Waals surface area contributed by atoms with Crippen molar-refractivity contribution in [1.29, 1.82) is 0 Å². The number of aromatic nitrogens is 1. The molecule has 0 radical (unpaired) electrons. The third kappa shape index (κ3) is 3.99. The Labute approximate surface area is 177 Å². The van der Waals surface area contributed by atoms with E-state index in [4.69, 9.17) is 18.9 Å². The molecule has 0 atom stereocenters. The lowest BCUT2D eigenvalue weighted by atomic mass is 10.1. The average Bonchev–Trinajstić information content (AvgIpc) is 3.11. The van der Waals surface area contributed by atoms with Crippen molar-refractivity contribution in [2.45, 2.75) is 6.92 Å². The van der Waals surface area contributed by atoms with Gasteiger partial charge in [-0.15, -0.1) is 11.3 Å². The number of carbonyl (C=O) groups is 2. The van der Waals surface area contributed by atoms with Crippen molar-refractivity contribution in [3.05, 3.63) is 52.0 Å². The number of nitrogens with zero attached hydrogens (tertiary/aromatic N) is 1. The highest BCUT2D eigenvalue weighted by Gasteiger charge is 2.18. The van der Waals surface area contributed by atoms with Crippen LogP contribution in [-0.2, 0) is 4.74 Å². The Morgan fingerprint density at radius 2 is 1.67 bits per heavy atom. The highest BCUT2D eigenvalue weighted by molar-refractivity contribution is 7.20. The van der Waals surface area contributed by atoms with Crippen LogP contribution in [0.3, 0.4) is 0 Å². The summed E-state index contributed by atoms with van der Waals surface area (Å²) in [5.74, 6) is 0.842. The van der Waals surface area contributed by atoms with Gasteiger partial charge in [0.15, 0.2) is 17.3 Å². The van der Waals surface area contributed by atoms with Gasteiger partial charge in [-0.25, -0.2) is 9.78 Å². The smallest absolute Gasteiger partial charge is 0.348 e. The number of methoxy groups -OCH3 is 4. The molecule has 7 nitrogen and oxygen atoms in total. The van der Waals surface area contributed by atoms with Gasteiger partial charge in [-0.05, 0) is 42.3 Å². The first-order valence-corrected chi connectivity index (χ1v) is 9.75. The standard InChI is InChI=1S/C22H21NO6S/c1-12-15-10-14(11-23-21(15)30-20(12)22(25)29-5)16(24)7-6-13-8-17(26-2)19(28-4)18(9-13)27-3/h6-11H,1-5H3. The molecule has 0 saturated heterocycles. The molecule has 8 heteroatoms. The second kappa shape index (κ2) is 8.96. The van der Waals surface area contributed by atoms with Gasteiger partial charge in [-0.3, -0.25) is 4.79 Å². The first kappa shape index (κ1) is 21.3. The molecule has 0 fully saturated rings. The van der Waals surface area contributed by atoms with E-state index in [1.807, 2.05) is 6.92 Å². The summed E-state index contributed by atoms with van der Waals surface area (Å²) in [6.07, 6.45) is 4.62. The van der Waals surface area contributed by atoms with Crippen LogP contribution in [0.25, 0.3) is 16.3 Å². The van der Waals surface area contributed by atoms with E-state index < -0.39 is 5.97 Å². The molecule has 156 valence electrons. The lowest BCUT2D eigenvalue weighted by molar-refractivity contribution is 0.0605. The summed E-state index contributed by atoms with van der Waals surface area (Å²) < 4.78 is 20.8. The Morgan fingerprint density at radius 1 is 1.00 bits per heavy atom. The topological polar surface area (TPSA) is 84.0 Å². The highest BCUT2D eigenvalue weighted by atomic mass is 32.1. The summed E-state index contributed by atoms with van der Waals surface area (Å²) in [7, 11) is 5.92. The number of rotatable bonds is 7. The quantitative estimate of drug-likeness (QED) is 0.315. The number of pyridine rings is 1. The predicted octanol–water partition coefficient (Wildman–Crippen LogP) is 4.31. The summed E-state index contributed by atoms with van der Waals surface area (Å²) >= 11 is 1.24. The maximum atomic E-state index is 12.7. The van der Waals surface area contributed by atoms with Crippen LogP contribution >= 0.6 is 11.3 Å². The average molecular weight is 427 g/mol. The lowest BCUT2D eigenvalue weighted by Gasteiger charge is -2.12. The summed E-state index contributed by atoms with van der Waals surface area (Å²) in [6, 6.07) is 5.24.